The first-order chi connectivity index (χ1) is 10.5. The van der Waals surface area contributed by atoms with Gasteiger partial charge in [0.05, 0.1) is 5.92 Å². The van der Waals surface area contributed by atoms with Gasteiger partial charge in [0, 0.05) is 29.2 Å². The van der Waals surface area contributed by atoms with Crippen LogP contribution in [0.3, 0.4) is 0 Å². The highest BCUT2D eigenvalue weighted by Crippen LogP contribution is 2.30. The van der Waals surface area contributed by atoms with Crippen molar-refractivity contribution in [1.82, 2.24) is 5.32 Å². The van der Waals surface area contributed by atoms with Crippen LogP contribution < -0.4 is 10.2 Å². The molecular weight excluding hydrogens is 344 g/mol. The van der Waals surface area contributed by atoms with Gasteiger partial charge in [-0.1, -0.05) is 28.8 Å². The lowest BCUT2D eigenvalue weighted by atomic mass is 10.1. The minimum atomic E-state index is -0.226. The molecule has 0 spiro atoms. The maximum Gasteiger partial charge on any atom is 0.227 e. The summed E-state index contributed by atoms with van der Waals surface area (Å²) in [6.45, 7) is 2.47. The van der Waals surface area contributed by atoms with Crippen molar-refractivity contribution in [2.24, 2.45) is 5.92 Å². The van der Waals surface area contributed by atoms with Crippen molar-refractivity contribution >= 4 is 33.4 Å². The normalized spacial score (nSPS) is 22.4. The van der Waals surface area contributed by atoms with Crippen molar-refractivity contribution in [3.8, 4) is 0 Å². The summed E-state index contributed by atoms with van der Waals surface area (Å²) in [5.74, 6) is -0.148. The summed E-state index contributed by atoms with van der Waals surface area (Å²) in [6, 6.07) is 6.18. The van der Waals surface area contributed by atoms with Crippen molar-refractivity contribution in [2.45, 2.75) is 45.1 Å². The van der Waals surface area contributed by atoms with E-state index in [1.54, 1.807) is 4.90 Å². The lowest BCUT2D eigenvalue weighted by molar-refractivity contribution is -0.126. The molecule has 4 nitrogen and oxygen atoms in total. The van der Waals surface area contributed by atoms with E-state index in [-0.39, 0.29) is 17.7 Å². The van der Waals surface area contributed by atoms with Crippen LogP contribution in [0.25, 0.3) is 0 Å². The van der Waals surface area contributed by atoms with Crippen LogP contribution in [0, 0.1) is 12.8 Å². The fourth-order valence-corrected chi connectivity index (χ4v) is 3.90. The molecule has 0 aromatic heterocycles. The molecule has 1 aromatic rings. The van der Waals surface area contributed by atoms with Crippen LogP contribution in [0.4, 0.5) is 5.69 Å². The fourth-order valence-electron chi connectivity index (χ4n) is 3.43. The van der Waals surface area contributed by atoms with E-state index in [1.807, 2.05) is 25.1 Å². The van der Waals surface area contributed by atoms with Gasteiger partial charge in [0.2, 0.25) is 11.8 Å². The number of hydrogen-bond donors (Lipinski definition) is 1. The van der Waals surface area contributed by atoms with Gasteiger partial charge in [-0.25, -0.2) is 0 Å². The molecule has 1 saturated heterocycles. The zero-order valence-corrected chi connectivity index (χ0v) is 14.4. The monoisotopic (exact) mass is 364 g/mol. The molecule has 1 unspecified atom stereocenters. The molecule has 1 aliphatic heterocycles. The van der Waals surface area contributed by atoms with Gasteiger partial charge in [0.15, 0.2) is 0 Å². The number of amides is 2. The Morgan fingerprint density at radius 3 is 2.73 bits per heavy atom. The Kier molecular flexibility index (Phi) is 4.52. The van der Waals surface area contributed by atoms with E-state index in [2.05, 4.69) is 21.2 Å². The molecule has 1 aliphatic carbocycles. The summed E-state index contributed by atoms with van der Waals surface area (Å²) < 4.78 is 0.996. The van der Waals surface area contributed by atoms with Crippen LogP contribution in [-0.2, 0) is 9.59 Å². The first-order valence-corrected chi connectivity index (χ1v) is 8.71. The van der Waals surface area contributed by atoms with Gasteiger partial charge in [-0.05, 0) is 43.5 Å². The lowest BCUT2D eigenvalue weighted by Gasteiger charge is -2.20. The second kappa shape index (κ2) is 6.41. The van der Waals surface area contributed by atoms with Crippen LogP contribution in [0.1, 0.15) is 37.7 Å². The Bertz CT molecular complexity index is 596. The molecule has 0 radical (unpaired) electrons. The average Bonchev–Trinajstić information content (AvgIpc) is 3.09. The lowest BCUT2D eigenvalue weighted by Crippen LogP contribution is -2.38. The van der Waals surface area contributed by atoms with Crippen LogP contribution in [0.2, 0.25) is 0 Å². The molecule has 2 fully saturated rings. The molecule has 118 valence electrons. The van der Waals surface area contributed by atoms with Crippen LogP contribution in [0.5, 0.6) is 0 Å². The summed E-state index contributed by atoms with van der Waals surface area (Å²) in [4.78, 5) is 26.4. The number of hydrogen-bond acceptors (Lipinski definition) is 2. The minimum Gasteiger partial charge on any atom is -0.353 e. The first kappa shape index (κ1) is 15.5. The SMILES string of the molecule is Cc1cc(Br)ccc1N1CC(C(=O)NC2CCCC2)CC1=O. The Balaban J connectivity index is 1.68. The number of benzene rings is 1. The highest BCUT2D eigenvalue weighted by molar-refractivity contribution is 9.10. The maximum absolute atomic E-state index is 12.4. The zero-order valence-electron chi connectivity index (χ0n) is 12.8. The molecule has 1 N–H and O–H groups in total. The summed E-state index contributed by atoms with van der Waals surface area (Å²) in [6.07, 6.45) is 4.84. The highest BCUT2D eigenvalue weighted by Gasteiger charge is 2.36. The molecular formula is C17H21BrN2O2. The van der Waals surface area contributed by atoms with E-state index < -0.39 is 0 Å². The molecule has 1 atom stereocenters. The van der Waals surface area contributed by atoms with Crippen molar-refractivity contribution < 1.29 is 9.59 Å². The summed E-state index contributed by atoms with van der Waals surface area (Å²) >= 11 is 3.44. The quantitative estimate of drug-likeness (QED) is 0.895. The van der Waals surface area contributed by atoms with Crippen LogP contribution in [0.15, 0.2) is 22.7 Å². The number of aryl methyl sites for hydroxylation is 1. The van der Waals surface area contributed by atoms with Crippen molar-refractivity contribution in [1.29, 1.82) is 0 Å². The number of nitrogens with zero attached hydrogens (tertiary/aromatic N) is 1. The Morgan fingerprint density at radius 2 is 2.05 bits per heavy atom. The molecule has 5 heteroatoms. The second-order valence-electron chi connectivity index (χ2n) is 6.33. The number of rotatable bonds is 3. The van der Waals surface area contributed by atoms with Gasteiger partial charge in [0.25, 0.3) is 0 Å². The summed E-state index contributed by atoms with van der Waals surface area (Å²) in [5, 5.41) is 3.11. The van der Waals surface area contributed by atoms with Gasteiger partial charge < -0.3 is 10.2 Å². The van der Waals surface area contributed by atoms with E-state index in [9.17, 15) is 9.59 Å². The van der Waals surface area contributed by atoms with Gasteiger partial charge in [-0.2, -0.15) is 0 Å². The third-order valence-corrected chi connectivity index (χ3v) is 5.14. The first-order valence-electron chi connectivity index (χ1n) is 7.91. The van der Waals surface area contributed by atoms with Crippen molar-refractivity contribution in [2.75, 3.05) is 11.4 Å². The van der Waals surface area contributed by atoms with Crippen LogP contribution in [-0.4, -0.2) is 24.4 Å². The number of halogens is 1. The Labute approximate surface area is 139 Å². The third-order valence-electron chi connectivity index (χ3n) is 4.65. The molecule has 0 bridgehead atoms. The molecule has 1 saturated carbocycles. The molecule has 1 aromatic carbocycles. The number of carbonyl (C=O) groups is 2. The van der Waals surface area contributed by atoms with Gasteiger partial charge >= 0.3 is 0 Å². The molecule has 2 aliphatic rings. The van der Waals surface area contributed by atoms with E-state index in [1.165, 1.54) is 12.8 Å². The standard InChI is InChI=1S/C17H21BrN2O2/c1-11-8-13(18)6-7-15(11)20-10-12(9-16(20)21)17(22)19-14-4-2-3-5-14/h6-8,12,14H,2-5,9-10H2,1H3,(H,19,22). The van der Waals surface area contributed by atoms with Gasteiger partial charge in [0.1, 0.15) is 0 Å². The molecule has 2 amide bonds. The zero-order chi connectivity index (χ0) is 15.7. The Morgan fingerprint density at radius 1 is 1.32 bits per heavy atom. The predicted molar refractivity (Wildman–Crippen MR) is 89.7 cm³/mol. The van der Waals surface area contributed by atoms with E-state index in [0.29, 0.717) is 19.0 Å². The second-order valence-corrected chi connectivity index (χ2v) is 7.24. The molecule has 1 heterocycles. The van der Waals surface area contributed by atoms with Crippen molar-refractivity contribution in [3.05, 3.63) is 28.2 Å². The number of nitrogens with one attached hydrogen (secondary N) is 1. The van der Waals surface area contributed by atoms with E-state index in [4.69, 9.17) is 0 Å². The molecule has 22 heavy (non-hydrogen) atoms. The topological polar surface area (TPSA) is 49.4 Å². The van der Waals surface area contributed by atoms with Gasteiger partial charge in [-0.15, -0.1) is 0 Å². The van der Waals surface area contributed by atoms with Gasteiger partial charge in [-0.3, -0.25) is 9.59 Å². The minimum absolute atomic E-state index is 0.0389. The summed E-state index contributed by atoms with van der Waals surface area (Å²) in [5.41, 5.74) is 1.95. The number of anilines is 1. The number of carbonyl (C=O) groups excluding carboxylic acids is 2. The fraction of sp³-hybridized carbons (Fsp3) is 0.529. The summed E-state index contributed by atoms with van der Waals surface area (Å²) in [7, 11) is 0. The van der Waals surface area contributed by atoms with Crippen LogP contribution >= 0.6 is 15.9 Å². The third kappa shape index (κ3) is 3.19. The average molecular weight is 365 g/mol. The van der Waals surface area contributed by atoms with E-state index in [0.717, 1.165) is 28.6 Å². The Hall–Kier alpha value is -1.36. The molecule has 3 rings (SSSR count). The van der Waals surface area contributed by atoms with E-state index >= 15 is 0 Å². The largest absolute Gasteiger partial charge is 0.353 e. The van der Waals surface area contributed by atoms with Crippen molar-refractivity contribution in [3.63, 3.8) is 0 Å². The predicted octanol–water partition coefficient (Wildman–Crippen LogP) is 3.17. The highest BCUT2D eigenvalue weighted by atomic mass is 79.9. The smallest absolute Gasteiger partial charge is 0.227 e. The maximum atomic E-state index is 12.4.